The molecule has 0 bridgehead atoms. The quantitative estimate of drug-likeness (QED) is 0.562. The zero-order chi connectivity index (χ0) is 22.7. The fourth-order valence-electron chi connectivity index (χ4n) is 4.14. The SMILES string of the molecule is CCOc1ccc(C2(CC(=O)Nc3ccccc3)C(=O)c3ccccc3C2=O)cc1OC. The Labute approximate surface area is 186 Å². The van der Waals surface area contributed by atoms with Crippen molar-refractivity contribution in [3.8, 4) is 11.5 Å². The van der Waals surface area contributed by atoms with Crippen molar-refractivity contribution in [1.82, 2.24) is 0 Å². The summed E-state index contributed by atoms with van der Waals surface area (Å²) in [5.41, 5.74) is -0.0594. The Bertz CT molecular complexity index is 1150. The molecular weight excluding hydrogens is 406 g/mol. The first kappa shape index (κ1) is 21.3. The second-order valence-corrected chi connectivity index (χ2v) is 7.50. The van der Waals surface area contributed by atoms with Crippen molar-refractivity contribution in [3.63, 3.8) is 0 Å². The van der Waals surface area contributed by atoms with Gasteiger partial charge in [-0.15, -0.1) is 0 Å². The van der Waals surface area contributed by atoms with Crippen molar-refractivity contribution >= 4 is 23.2 Å². The van der Waals surface area contributed by atoms with Crippen LogP contribution in [0.2, 0.25) is 0 Å². The van der Waals surface area contributed by atoms with E-state index in [1.807, 2.05) is 13.0 Å². The zero-order valence-electron chi connectivity index (χ0n) is 17.9. The number of benzene rings is 3. The summed E-state index contributed by atoms with van der Waals surface area (Å²) in [6.45, 7) is 2.28. The number of carbonyl (C=O) groups is 3. The minimum absolute atomic E-state index is 0.317. The number of carbonyl (C=O) groups excluding carboxylic acids is 3. The monoisotopic (exact) mass is 429 g/mol. The van der Waals surface area contributed by atoms with Crippen molar-refractivity contribution in [2.45, 2.75) is 18.8 Å². The van der Waals surface area contributed by atoms with Crippen LogP contribution in [0, 0.1) is 0 Å². The molecule has 1 N–H and O–H groups in total. The maximum atomic E-state index is 13.7. The third-order valence-electron chi connectivity index (χ3n) is 5.63. The number of ketones is 2. The van der Waals surface area contributed by atoms with E-state index in [1.54, 1.807) is 66.7 Å². The molecule has 3 aromatic rings. The summed E-state index contributed by atoms with van der Waals surface area (Å²) in [5, 5.41) is 2.79. The second-order valence-electron chi connectivity index (χ2n) is 7.50. The summed E-state index contributed by atoms with van der Waals surface area (Å²) in [7, 11) is 1.49. The van der Waals surface area contributed by atoms with Gasteiger partial charge in [-0.25, -0.2) is 0 Å². The van der Waals surface area contributed by atoms with E-state index in [0.29, 0.717) is 40.5 Å². The number of Topliss-reactive ketones (excluding diaryl/α,β-unsaturated/α-hetero) is 2. The van der Waals surface area contributed by atoms with Crippen molar-refractivity contribution in [1.29, 1.82) is 0 Å². The summed E-state index contributed by atoms with van der Waals surface area (Å²) < 4.78 is 11.0. The van der Waals surface area contributed by atoms with E-state index < -0.39 is 22.9 Å². The third kappa shape index (κ3) is 3.54. The van der Waals surface area contributed by atoms with E-state index in [9.17, 15) is 14.4 Å². The summed E-state index contributed by atoms with van der Waals surface area (Å²) in [6.07, 6.45) is -0.328. The molecule has 3 aromatic carbocycles. The maximum absolute atomic E-state index is 13.7. The van der Waals surface area contributed by atoms with E-state index in [1.165, 1.54) is 7.11 Å². The second kappa shape index (κ2) is 8.67. The highest BCUT2D eigenvalue weighted by molar-refractivity contribution is 6.34. The van der Waals surface area contributed by atoms with Gasteiger partial charge in [0.1, 0.15) is 5.41 Å². The highest BCUT2D eigenvalue weighted by Gasteiger charge is 2.55. The zero-order valence-corrected chi connectivity index (χ0v) is 17.9. The fourth-order valence-corrected chi connectivity index (χ4v) is 4.14. The first-order chi connectivity index (χ1) is 15.5. The summed E-state index contributed by atoms with van der Waals surface area (Å²) >= 11 is 0. The first-order valence-electron chi connectivity index (χ1n) is 10.4. The van der Waals surface area contributed by atoms with Crippen LogP contribution < -0.4 is 14.8 Å². The number of nitrogens with one attached hydrogen (secondary N) is 1. The van der Waals surface area contributed by atoms with Gasteiger partial charge in [0.05, 0.1) is 20.1 Å². The number of hydrogen-bond donors (Lipinski definition) is 1. The smallest absolute Gasteiger partial charge is 0.226 e. The lowest BCUT2D eigenvalue weighted by atomic mass is 9.73. The molecule has 0 saturated heterocycles. The van der Waals surface area contributed by atoms with E-state index in [0.717, 1.165) is 0 Å². The molecule has 0 aliphatic heterocycles. The number of hydrogen-bond acceptors (Lipinski definition) is 5. The van der Waals surface area contributed by atoms with Crippen LogP contribution in [0.5, 0.6) is 11.5 Å². The van der Waals surface area contributed by atoms with Gasteiger partial charge in [0.2, 0.25) is 5.91 Å². The molecule has 1 aliphatic carbocycles. The van der Waals surface area contributed by atoms with Gasteiger partial charge in [0, 0.05) is 16.8 Å². The minimum atomic E-state index is -1.68. The van der Waals surface area contributed by atoms with E-state index in [-0.39, 0.29) is 6.42 Å². The Morgan fingerprint density at radius 3 is 2.09 bits per heavy atom. The van der Waals surface area contributed by atoms with Gasteiger partial charge in [0.25, 0.3) is 0 Å². The van der Waals surface area contributed by atoms with Gasteiger partial charge in [-0.05, 0) is 36.8 Å². The maximum Gasteiger partial charge on any atom is 0.226 e. The van der Waals surface area contributed by atoms with Crippen LogP contribution in [0.3, 0.4) is 0 Å². The summed E-state index contributed by atoms with van der Waals surface area (Å²) in [4.78, 5) is 40.4. The van der Waals surface area contributed by atoms with Crippen LogP contribution >= 0.6 is 0 Å². The van der Waals surface area contributed by atoms with Crippen LogP contribution in [0.15, 0.2) is 72.8 Å². The van der Waals surface area contributed by atoms with E-state index in [2.05, 4.69) is 5.32 Å². The molecule has 0 aromatic heterocycles. The van der Waals surface area contributed by atoms with E-state index >= 15 is 0 Å². The third-order valence-corrected chi connectivity index (χ3v) is 5.63. The van der Waals surface area contributed by atoms with Crippen molar-refractivity contribution in [2.24, 2.45) is 0 Å². The molecule has 0 spiro atoms. The molecule has 0 radical (unpaired) electrons. The molecular formula is C26H23NO5. The molecule has 0 atom stereocenters. The lowest BCUT2D eigenvalue weighted by Crippen LogP contribution is -2.42. The first-order valence-corrected chi connectivity index (χ1v) is 10.4. The Balaban J connectivity index is 1.81. The number of amides is 1. The number of fused-ring (bicyclic) bond motifs is 1. The van der Waals surface area contributed by atoms with Gasteiger partial charge in [-0.1, -0.05) is 48.5 Å². The molecule has 4 rings (SSSR count). The normalized spacial score (nSPS) is 14.1. The van der Waals surface area contributed by atoms with Gasteiger partial charge < -0.3 is 14.8 Å². The largest absolute Gasteiger partial charge is 0.493 e. The number of para-hydroxylation sites is 1. The molecule has 0 saturated carbocycles. The number of methoxy groups -OCH3 is 1. The number of anilines is 1. The molecule has 1 aliphatic rings. The van der Waals surface area contributed by atoms with Crippen LogP contribution in [-0.4, -0.2) is 31.2 Å². The van der Waals surface area contributed by atoms with Gasteiger partial charge in [-0.2, -0.15) is 0 Å². The van der Waals surface area contributed by atoms with Gasteiger partial charge in [0.15, 0.2) is 23.1 Å². The lowest BCUT2D eigenvalue weighted by Gasteiger charge is -2.27. The number of ether oxygens (including phenoxy) is 2. The highest BCUT2D eigenvalue weighted by Crippen LogP contribution is 2.44. The Morgan fingerprint density at radius 2 is 1.50 bits per heavy atom. The average Bonchev–Trinajstić information content (AvgIpc) is 3.03. The number of rotatable bonds is 7. The van der Waals surface area contributed by atoms with E-state index in [4.69, 9.17) is 9.47 Å². The molecule has 0 fully saturated rings. The predicted molar refractivity (Wildman–Crippen MR) is 121 cm³/mol. The molecule has 0 unspecified atom stereocenters. The molecule has 6 nitrogen and oxygen atoms in total. The Kier molecular flexibility index (Phi) is 5.77. The minimum Gasteiger partial charge on any atom is -0.493 e. The molecule has 162 valence electrons. The van der Waals surface area contributed by atoms with Gasteiger partial charge >= 0.3 is 0 Å². The Morgan fingerprint density at radius 1 is 0.875 bits per heavy atom. The molecule has 6 heteroatoms. The fraction of sp³-hybridized carbons (Fsp3) is 0.192. The molecule has 0 heterocycles. The molecule has 1 amide bonds. The molecule has 32 heavy (non-hydrogen) atoms. The van der Waals surface area contributed by atoms with Crippen LogP contribution in [-0.2, 0) is 10.2 Å². The highest BCUT2D eigenvalue weighted by atomic mass is 16.5. The van der Waals surface area contributed by atoms with Crippen LogP contribution in [0.4, 0.5) is 5.69 Å². The standard InChI is InChI=1S/C26H23NO5/c1-3-32-21-14-13-17(15-22(21)31-2)26(16-23(28)27-18-9-5-4-6-10-18)24(29)19-11-7-8-12-20(19)25(26)30/h4-15H,3,16H2,1-2H3,(H,27,28). The Hall–Kier alpha value is -3.93. The van der Waals surface area contributed by atoms with Crippen LogP contribution in [0.1, 0.15) is 39.6 Å². The van der Waals surface area contributed by atoms with Crippen molar-refractivity contribution in [3.05, 3.63) is 89.5 Å². The summed E-state index contributed by atoms with van der Waals surface area (Å²) in [6, 6.07) is 20.5. The van der Waals surface area contributed by atoms with Gasteiger partial charge in [-0.3, -0.25) is 14.4 Å². The topological polar surface area (TPSA) is 81.7 Å². The van der Waals surface area contributed by atoms with Crippen molar-refractivity contribution < 1.29 is 23.9 Å². The average molecular weight is 429 g/mol. The van der Waals surface area contributed by atoms with Crippen LogP contribution in [0.25, 0.3) is 0 Å². The van der Waals surface area contributed by atoms with Crippen molar-refractivity contribution in [2.75, 3.05) is 19.0 Å². The summed E-state index contributed by atoms with van der Waals surface area (Å²) in [5.74, 6) is -0.333. The predicted octanol–water partition coefficient (Wildman–Crippen LogP) is 4.44. The lowest BCUT2D eigenvalue weighted by molar-refractivity contribution is -0.116.